The summed E-state index contributed by atoms with van der Waals surface area (Å²) in [6.07, 6.45) is 0.320. The predicted molar refractivity (Wildman–Crippen MR) is 127 cm³/mol. The minimum atomic E-state index is -1.60. The number of carbonyl (C=O) groups excluding carboxylic acids is 2. The fraction of sp³-hybridized carbons (Fsp3) is 0.652. The molecule has 2 fully saturated rings. The zero-order chi connectivity index (χ0) is 22.5. The van der Waals surface area contributed by atoms with Crippen molar-refractivity contribution in [3.8, 4) is 0 Å². The summed E-state index contributed by atoms with van der Waals surface area (Å²) in [5.74, 6) is 0.434. The minimum absolute atomic E-state index is 0.130. The van der Waals surface area contributed by atoms with Gasteiger partial charge in [-0.05, 0) is 17.9 Å². The van der Waals surface area contributed by atoms with Gasteiger partial charge >= 0.3 is 6.09 Å². The number of rotatable bonds is 7. The number of carbonyl (C=O) groups is 2. The summed E-state index contributed by atoms with van der Waals surface area (Å²) in [5, 5.41) is 0.353. The van der Waals surface area contributed by atoms with Gasteiger partial charge in [0.05, 0.1) is 28.7 Å². The Morgan fingerprint density at radius 2 is 1.60 bits per heavy atom. The van der Waals surface area contributed by atoms with Gasteiger partial charge in [-0.1, -0.05) is 83.5 Å². The fourth-order valence-electron chi connectivity index (χ4n) is 5.96. The molecule has 2 aliphatic rings. The van der Waals surface area contributed by atoms with Crippen molar-refractivity contribution in [1.29, 1.82) is 0 Å². The number of benzene rings is 1. The maximum Gasteiger partial charge on any atom is 0.411 e. The van der Waals surface area contributed by atoms with Crippen molar-refractivity contribution >= 4 is 28.1 Å². The molecule has 5 nitrogen and oxygen atoms in total. The molecule has 0 spiro atoms. The molecule has 30 heavy (non-hydrogen) atoms. The largest absolute Gasteiger partial charge is 0.447 e. The average Bonchev–Trinajstić information content (AvgIpc) is 3.00. The van der Waals surface area contributed by atoms with E-state index in [2.05, 4.69) is 58.0 Å². The molecule has 2 heterocycles. The quantitative estimate of drug-likeness (QED) is 0.441. The molecule has 0 unspecified atom stereocenters. The summed E-state index contributed by atoms with van der Waals surface area (Å²) >= 11 is 0. The molecule has 166 valence electrons. The number of β-lactam (4-membered cyclic amide) rings is 1. The molecule has 7 heteroatoms. The van der Waals surface area contributed by atoms with E-state index in [9.17, 15) is 9.59 Å². The van der Waals surface area contributed by atoms with Crippen LogP contribution < -0.4 is 0 Å². The SMILES string of the molecule is CC(C)C[C@]1(N2C(=O)OC[C@@H]2c2ccccc2)CN(C([Si](C)(C)C)[Si](C)(C)C)C1=O. The number of hydrogen-bond donors (Lipinski definition) is 0. The van der Waals surface area contributed by atoms with Crippen molar-refractivity contribution < 1.29 is 14.3 Å². The molecule has 1 aromatic rings. The third-order valence-corrected chi connectivity index (χ3v) is 15.4. The lowest BCUT2D eigenvalue weighted by molar-refractivity contribution is -0.164. The van der Waals surface area contributed by atoms with E-state index in [1.54, 1.807) is 4.90 Å². The summed E-state index contributed by atoms with van der Waals surface area (Å²) in [6.45, 7) is 19.4. The number of cyclic esters (lactones) is 1. The molecule has 2 amide bonds. The van der Waals surface area contributed by atoms with E-state index in [1.165, 1.54) is 0 Å². The van der Waals surface area contributed by atoms with Gasteiger partial charge in [0.2, 0.25) is 5.91 Å². The summed E-state index contributed by atoms with van der Waals surface area (Å²) in [5.41, 5.74) is 0.240. The van der Waals surface area contributed by atoms with Crippen LogP contribution in [0.1, 0.15) is 31.9 Å². The van der Waals surface area contributed by atoms with Crippen molar-refractivity contribution in [2.75, 3.05) is 13.2 Å². The van der Waals surface area contributed by atoms with Gasteiger partial charge in [0.1, 0.15) is 12.1 Å². The van der Waals surface area contributed by atoms with Gasteiger partial charge in [0, 0.05) is 5.29 Å². The fourth-order valence-corrected chi connectivity index (χ4v) is 18.6. The van der Waals surface area contributed by atoms with Crippen molar-refractivity contribution in [1.82, 2.24) is 9.80 Å². The number of amides is 2. The van der Waals surface area contributed by atoms with Gasteiger partial charge in [-0.25, -0.2) is 4.79 Å². The number of likely N-dealkylation sites (tertiary alicyclic amines) is 1. The summed E-state index contributed by atoms with van der Waals surface area (Å²) < 4.78 is 5.51. The summed E-state index contributed by atoms with van der Waals surface area (Å²) in [6, 6.07) is 9.77. The van der Waals surface area contributed by atoms with Crippen molar-refractivity contribution in [3.63, 3.8) is 0 Å². The second-order valence-corrected chi connectivity index (χ2v) is 22.7. The highest BCUT2D eigenvalue weighted by atomic mass is 28.4. The zero-order valence-corrected chi connectivity index (χ0v) is 21.9. The maximum atomic E-state index is 14.0. The molecule has 0 aliphatic carbocycles. The standard InChI is InChI=1S/C23H38N2O3Si2/c1-17(2)14-23(16-24(20(23)26)22(29(3,4)5)30(6,7)8)25-19(15-28-21(25)27)18-12-10-9-11-13-18/h9-13,17,19,22H,14-16H2,1-8H3/t19-,23+/m1/s1. The van der Waals surface area contributed by atoms with E-state index in [1.807, 2.05) is 30.3 Å². The van der Waals surface area contributed by atoms with Crippen molar-refractivity contribution in [3.05, 3.63) is 35.9 Å². The minimum Gasteiger partial charge on any atom is -0.447 e. The van der Waals surface area contributed by atoms with E-state index < -0.39 is 21.7 Å². The van der Waals surface area contributed by atoms with Crippen LogP contribution in [0.2, 0.25) is 39.3 Å². The predicted octanol–water partition coefficient (Wildman–Crippen LogP) is 4.93. The Kier molecular flexibility index (Phi) is 6.01. The van der Waals surface area contributed by atoms with E-state index in [0.717, 1.165) is 5.56 Å². The third kappa shape index (κ3) is 3.98. The van der Waals surface area contributed by atoms with E-state index in [-0.39, 0.29) is 18.0 Å². The maximum absolute atomic E-state index is 14.0. The highest BCUT2D eigenvalue weighted by molar-refractivity contribution is 6.96. The topological polar surface area (TPSA) is 49.9 Å². The highest BCUT2D eigenvalue weighted by Crippen LogP contribution is 2.46. The first-order valence-electron chi connectivity index (χ1n) is 11.1. The van der Waals surface area contributed by atoms with Crippen LogP contribution in [0.5, 0.6) is 0 Å². The Labute approximate surface area is 183 Å². The van der Waals surface area contributed by atoms with E-state index in [4.69, 9.17) is 4.74 Å². The number of hydrogen-bond acceptors (Lipinski definition) is 3. The molecular formula is C23H38N2O3Si2. The normalized spacial score (nSPS) is 25.2. The van der Waals surface area contributed by atoms with Crippen LogP contribution in [-0.2, 0) is 9.53 Å². The smallest absolute Gasteiger partial charge is 0.411 e. The summed E-state index contributed by atoms with van der Waals surface area (Å²) in [4.78, 5) is 30.8. The van der Waals surface area contributed by atoms with Crippen LogP contribution in [0.3, 0.4) is 0 Å². The lowest BCUT2D eigenvalue weighted by Crippen LogP contribution is -2.81. The first kappa shape index (κ1) is 23.1. The molecule has 0 bridgehead atoms. The van der Waals surface area contributed by atoms with E-state index >= 15 is 0 Å². The molecule has 1 aromatic carbocycles. The van der Waals surface area contributed by atoms with Crippen molar-refractivity contribution in [2.45, 2.75) is 76.4 Å². The molecule has 2 atom stereocenters. The van der Waals surface area contributed by atoms with Gasteiger partial charge in [0.15, 0.2) is 0 Å². The van der Waals surface area contributed by atoms with Crippen molar-refractivity contribution in [2.24, 2.45) is 5.92 Å². The Morgan fingerprint density at radius 1 is 1.03 bits per heavy atom. The number of ether oxygens (including phenoxy) is 1. The molecule has 0 N–H and O–H groups in total. The lowest BCUT2D eigenvalue weighted by atomic mass is 9.78. The molecule has 2 saturated heterocycles. The first-order chi connectivity index (χ1) is 13.8. The Hall–Kier alpha value is -1.61. The monoisotopic (exact) mass is 446 g/mol. The molecule has 0 saturated carbocycles. The second kappa shape index (κ2) is 7.82. The average molecular weight is 447 g/mol. The van der Waals surface area contributed by atoms with Crippen LogP contribution in [-0.4, -0.2) is 61.9 Å². The zero-order valence-electron chi connectivity index (χ0n) is 19.9. The molecule has 0 radical (unpaired) electrons. The van der Waals surface area contributed by atoms with Gasteiger partial charge in [-0.2, -0.15) is 0 Å². The molecule has 0 aromatic heterocycles. The van der Waals surface area contributed by atoms with Gasteiger partial charge in [-0.15, -0.1) is 0 Å². The number of nitrogens with zero attached hydrogens (tertiary/aromatic N) is 2. The third-order valence-electron chi connectivity index (χ3n) is 6.31. The second-order valence-electron chi connectivity index (χ2n) is 11.6. The summed E-state index contributed by atoms with van der Waals surface area (Å²) in [7, 11) is -3.21. The van der Waals surface area contributed by atoms with Crippen LogP contribution >= 0.6 is 0 Å². The van der Waals surface area contributed by atoms with Crippen LogP contribution in [0.25, 0.3) is 0 Å². The van der Waals surface area contributed by atoms with Crippen LogP contribution in [0, 0.1) is 5.92 Å². The van der Waals surface area contributed by atoms with E-state index in [0.29, 0.717) is 30.8 Å². The van der Waals surface area contributed by atoms with Gasteiger partial charge in [0.25, 0.3) is 0 Å². The Balaban J connectivity index is 2.01. The van der Waals surface area contributed by atoms with Gasteiger partial charge < -0.3 is 9.64 Å². The molecule has 2 aliphatic heterocycles. The van der Waals surface area contributed by atoms with Gasteiger partial charge in [-0.3, -0.25) is 9.69 Å². The highest BCUT2D eigenvalue weighted by Gasteiger charge is 2.64. The first-order valence-corrected chi connectivity index (χ1v) is 18.3. The molecule has 3 rings (SSSR count). The lowest BCUT2D eigenvalue weighted by Gasteiger charge is -2.60. The van der Waals surface area contributed by atoms with Crippen LogP contribution in [0.15, 0.2) is 30.3 Å². The Bertz CT molecular complexity index is 787. The van der Waals surface area contributed by atoms with Crippen LogP contribution in [0.4, 0.5) is 4.79 Å². The molecular weight excluding hydrogens is 408 g/mol. The Morgan fingerprint density at radius 3 is 2.07 bits per heavy atom.